The van der Waals surface area contributed by atoms with E-state index in [1.54, 1.807) is 12.1 Å². The lowest BCUT2D eigenvalue weighted by Gasteiger charge is -2.11. The average Bonchev–Trinajstić information content (AvgIpc) is 2.83. The Hall–Kier alpha value is -1.68. The SMILES string of the molecule is Cc1ccc(F)cc1C(Br)Cc1nc2ccccc2o1. The number of rotatable bonds is 3. The fraction of sp³-hybridized carbons (Fsp3) is 0.188. The number of hydrogen-bond donors (Lipinski definition) is 0. The van der Waals surface area contributed by atoms with E-state index >= 15 is 0 Å². The largest absolute Gasteiger partial charge is 0.441 e. The van der Waals surface area contributed by atoms with E-state index in [0.29, 0.717) is 12.3 Å². The van der Waals surface area contributed by atoms with E-state index in [1.165, 1.54) is 6.07 Å². The summed E-state index contributed by atoms with van der Waals surface area (Å²) in [7, 11) is 0. The molecule has 1 unspecified atom stereocenters. The number of hydrogen-bond acceptors (Lipinski definition) is 2. The maximum absolute atomic E-state index is 13.4. The van der Waals surface area contributed by atoms with Crippen molar-refractivity contribution in [3.05, 3.63) is 65.3 Å². The van der Waals surface area contributed by atoms with Gasteiger partial charge >= 0.3 is 0 Å². The number of oxazole rings is 1. The van der Waals surface area contributed by atoms with Gasteiger partial charge in [-0.2, -0.15) is 0 Å². The van der Waals surface area contributed by atoms with Crippen molar-refractivity contribution in [3.63, 3.8) is 0 Å². The van der Waals surface area contributed by atoms with Crippen LogP contribution in [0.3, 0.4) is 0 Å². The molecule has 0 saturated carbocycles. The fourth-order valence-electron chi connectivity index (χ4n) is 2.22. The second kappa shape index (κ2) is 5.37. The van der Waals surface area contributed by atoms with E-state index in [-0.39, 0.29) is 10.6 Å². The van der Waals surface area contributed by atoms with Crippen LogP contribution < -0.4 is 0 Å². The topological polar surface area (TPSA) is 26.0 Å². The predicted molar refractivity (Wildman–Crippen MR) is 80.5 cm³/mol. The summed E-state index contributed by atoms with van der Waals surface area (Å²) < 4.78 is 19.0. The molecule has 4 heteroatoms. The molecule has 0 aliphatic heterocycles. The third kappa shape index (κ3) is 2.61. The van der Waals surface area contributed by atoms with Gasteiger partial charge < -0.3 is 4.42 Å². The Morgan fingerprint density at radius 2 is 2.05 bits per heavy atom. The summed E-state index contributed by atoms with van der Waals surface area (Å²) in [6.45, 7) is 1.97. The molecular weight excluding hydrogens is 321 g/mol. The molecule has 1 heterocycles. The van der Waals surface area contributed by atoms with E-state index in [9.17, 15) is 4.39 Å². The number of halogens is 2. The predicted octanol–water partition coefficient (Wildman–Crippen LogP) is 4.95. The molecule has 0 spiro atoms. The highest BCUT2D eigenvalue weighted by molar-refractivity contribution is 9.09. The molecule has 2 aromatic carbocycles. The van der Waals surface area contributed by atoms with Crippen LogP contribution in [0.25, 0.3) is 11.1 Å². The molecule has 1 atom stereocenters. The molecule has 0 saturated heterocycles. The number of nitrogens with zero attached hydrogens (tertiary/aromatic N) is 1. The zero-order valence-electron chi connectivity index (χ0n) is 10.9. The zero-order valence-corrected chi connectivity index (χ0v) is 12.5. The number of benzene rings is 2. The van der Waals surface area contributed by atoms with Crippen molar-refractivity contribution in [2.75, 3.05) is 0 Å². The molecule has 102 valence electrons. The first-order valence-corrected chi connectivity index (χ1v) is 7.29. The second-order valence-corrected chi connectivity index (χ2v) is 5.85. The Bertz CT molecular complexity index is 720. The third-order valence-corrected chi connectivity index (χ3v) is 4.09. The standard InChI is InChI=1S/C16H13BrFNO/c1-10-6-7-11(18)8-12(10)13(17)9-16-19-14-4-2-3-5-15(14)20-16/h2-8,13H,9H2,1H3. The van der Waals surface area contributed by atoms with Gasteiger partial charge in [-0.05, 0) is 42.3 Å². The first kappa shape index (κ1) is 13.3. The van der Waals surface area contributed by atoms with Crippen LogP contribution in [0, 0.1) is 12.7 Å². The van der Waals surface area contributed by atoms with Crippen LogP contribution >= 0.6 is 15.9 Å². The monoisotopic (exact) mass is 333 g/mol. The van der Waals surface area contributed by atoms with Gasteiger partial charge in [0.2, 0.25) is 0 Å². The normalized spacial score (nSPS) is 12.8. The number of fused-ring (bicyclic) bond motifs is 1. The molecule has 0 radical (unpaired) electrons. The van der Waals surface area contributed by atoms with Gasteiger partial charge in [0, 0.05) is 11.2 Å². The molecule has 20 heavy (non-hydrogen) atoms. The van der Waals surface area contributed by atoms with E-state index in [4.69, 9.17) is 4.42 Å². The lowest BCUT2D eigenvalue weighted by molar-refractivity contribution is 0.526. The van der Waals surface area contributed by atoms with Crippen molar-refractivity contribution in [1.29, 1.82) is 0 Å². The summed E-state index contributed by atoms with van der Waals surface area (Å²) in [6.07, 6.45) is 0.582. The van der Waals surface area contributed by atoms with Crippen molar-refractivity contribution in [3.8, 4) is 0 Å². The summed E-state index contributed by atoms with van der Waals surface area (Å²) in [5.74, 6) is 0.421. The van der Waals surface area contributed by atoms with Crippen LogP contribution in [-0.4, -0.2) is 4.98 Å². The first-order valence-electron chi connectivity index (χ1n) is 6.38. The third-order valence-electron chi connectivity index (χ3n) is 3.27. The average molecular weight is 334 g/mol. The quantitative estimate of drug-likeness (QED) is 0.633. The molecule has 0 fully saturated rings. The molecule has 2 nitrogen and oxygen atoms in total. The Labute approximate surface area is 124 Å². The number of alkyl halides is 1. The second-order valence-electron chi connectivity index (χ2n) is 4.75. The highest BCUT2D eigenvalue weighted by atomic mass is 79.9. The van der Waals surface area contributed by atoms with E-state index in [2.05, 4.69) is 20.9 Å². The van der Waals surface area contributed by atoms with Crippen molar-refractivity contribution < 1.29 is 8.81 Å². The Balaban J connectivity index is 1.88. The van der Waals surface area contributed by atoms with Crippen LogP contribution in [-0.2, 0) is 6.42 Å². The minimum Gasteiger partial charge on any atom is -0.441 e. The zero-order chi connectivity index (χ0) is 14.1. The van der Waals surface area contributed by atoms with Gasteiger partial charge in [-0.1, -0.05) is 34.1 Å². The van der Waals surface area contributed by atoms with Crippen LogP contribution in [0.2, 0.25) is 0 Å². The lowest BCUT2D eigenvalue weighted by atomic mass is 10.0. The minimum atomic E-state index is -0.229. The van der Waals surface area contributed by atoms with Gasteiger partial charge in [-0.25, -0.2) is 9.37 Å². The molecule has 3 aromatic rings. The van der Waals surface area contributed by atoms with Crippen LogP contribution in [0.5, 0.6) is 0 Å². The highest BCUT2D eigenvalue weighted by Crippen LogP contribution is 2.30. The van der Waals surface area contributed by atoms with Gasteiger partial charge in [0.25, 0.3) is 0 Å². The first-order chi connectivity index (χ1) is 9.63. The van der Waals surface area contributed by atoms with Crippen molar-refractivity contribution in [2.45, 2.75) is 18.2 Å². The minimum absolute atomic E-state index is 0.0220. The number of para-hydroxylation sites is 2. The lowest BCUT2D eigenvalue weighted by Crippen LogP contribution is -1.99. The molecule has 0 N–H and O–H groups in total. The number of aryl methyl sites for hydroxylation is 1. The van der Waals surface area contributed by atoms with Crippen molar-refractivity contribution >= 4 is 27.0 Å². The maximum Gasteiger partial charge on any atom is 0.196 e. The van der Waals surface area contributed by atoms with Gasteiger partial charge in [-0.3, -0.25) is 0 Å². The van der Waals surface area contributed by atoms with E-state index in [0.717, 1.165) is 22.2 Å². The molecule has 0 bridgehead atoms. The van der Waals surface area contributed by atoms with Gasteiger partial charge in [0.15, 0.2) is 11.5 Å². The molecule has 1 aromatic heterocycles. The summed E-state index contributed by atoms with van der Waals surface area (Å²) in [5.41, 5.74) is 3.59. The Kier molecular flexibility index (Phi) is 3.57. The van der Waals surface area contributed by atoms with Crippen LogP contribution in [0.1, 0.15) is 21.8 Å². The summed E-state index contributed by atoms with van der Waals surface area (Å²) >= 11 is 3.60. The molecular formula is C16H13BrFNO. The fourth-order valence-corrected chi connectivity index (χ4v) is 2.99. The van der Waals surface area contributed by atoms with Gasteiger partial charge in [-0.15, -0.1) is 0 Å². The Morgan fingerprint density at radius 3 is 2.85 bits per heavy atom. The van der Waals surface area contributed by atoms with E-state index in [1.807, 2.05) is 31.2 Å². The Morgan fingerprint density at radius 1 is 1.25 bits per heavy atom. The van der Waals surface area contributed by atoms with Gasteiger partial charge in [0.1, 0.15) is 11.3 Å². The smallest absolute Gasteiger partial charge is 0.196 e. The maximum atomic E-state index is 13.4. The van der Waals surface area contributed by atoms with Crippen LogP contribution in [0.15, 0.2) is 46.9 Å². The highest BCUT2D eigenvalue weighted by Gasteiger charge is 2.15. The summed E-state index contributed by atoms with van der Waals surface area (Å²) in [6, 6.07) is 12.5. The van der Waals surface area contributed by atoms with Gasteiger partial charge in [0.05, 0.1) is 0 Å². The number of aromatic nitrogens is 1. The summed E-state index contributed by atoms with van der Waals surface area (Å²) in [5, 5.41) is 0. The molecule has 0 aliphatic rings. The van der Waals surface area contributed by atoms with Crippen LogP contribution in [0.4, 0.5) is 4.39 Å². The van der Waals surface area contributed by atoms with E-state index < -0.39 is 0 Å². The molecule has 0 aliphatic carbocycles. The molecule has 0 amide bonds. The van der Waals surface area contributed by atoms with Crippen molar-refractivity contribution in [2.24, 2.45) is 0 Å². The van der Waals surface area contributed by atoms with Crippen molar-refractivity contribution in [1.82, 2.24) is 4.98 Å². The molecule has 3 rings (SSSR count). The summed E-state index contributed by atoms with van der Waals surface area (Å²) in [4.78, 5) is 4.42.